The fourth-order valence-corrected chi connectivity index (χ4v) is 12.4. The molecule has 4 aliphatic carbocycles. The van der Waals surface area contributed by atoms with Gasteiger partial charge in [0.25, 0.3) is 5.70 Å². The molecule has 0 aromatic carbocycles. The van der Waals surface area contributed by atoms with Gasteiger partial charge in [-0.1, -0.05) is 25.0 Å². The van der Waals surface area contributed by atoms with E-state index in [1.165, 1.54) is 38.5 Å². The maximum absolute atomic E-state index is 13.8. The van der Waals surface area contributed by atoms with Crippen molar-refractivity contribution in [3.05, 3.63) is 34.0 Å². The molecule has 7 unspecified atom stereocenters. The van der Waals surface area contributed by atoms with Crippen molar-refractivity contribution in [3.8, 4) is 0 Å². The largest absolute Gasteiger partial charge is 0.382 e. The molecule has 3 saturated carbocycles. The van der Waals surface area contributed by atoms with Gasteiger partial charge in [-0.15, -0.1) is 10.2 Å². The van der Waals surface area contributed by atoms with Crippen LogP contribution in [-0.2, 0) is 9.53 Å². The third-order valence-corrected chi connectivity index (χ3v) is 14.6. The molecule has 0 spiro atoms. The van der Waals surface area contributed by atoms with E-state index in [9.17, 15) is 20.0 Å². The molecule has 6 rings (SSSR count). The van der Waals surface area contributed by atoms with Gasteiger partial charge in [-0.2, -0.15) is 0 Å². The first-order valence-corrected chi connectivity index (χ1v) is 15.8. The number of ether oxygens (including phenoxy) is 1. The van der Waals surface area contributed by atoms with Crippen LogP contribution >= 0.6 is 10.2 Å². The van der Waals surface area contributed by atoms with Crippen LogP contribution in [0.15, 0.2) is 23.9 Å². The Balaban J connectivity index is 1.17. The van der Waals surface area contributed by atoms with Gasteiger partial charge in [-0.3, -0.25) is 19.2 Å². The molecule has 1 amide bonds. The highest BCUT2D eigenvalue weighted by atomic mass is 32.3. The van der Waals surface area contributed by atoms with Gasteiger partial charge in [0.2, 0.25) is 5.91 Å². The minimum Gasteiger partial charge on any atom is -0.382 e. The average molecular weight is 520 g/mol. The minimum absolute atomic E-state index is 0.0682. The summed E-state index contributed by atoms with van der Waals surface area (Å²) in [7, 11) is -1.76. The van der Waals surface area contributed by atoms with Crippen molar-refractivity contribution in [2.24, 2.45) is 29.1 Å². The third kappa shape index (κ3) is 3.96. The molecule has 2 N–H and O–H groups in total. The molecule has 9 atom stereocenters. The van der Waals surface area contributed by atoms with E-state index < -0.39 is 21.1 Å². The molecule has 0 aromatic rings. The molecular weight excluding hydrogens is 478 g/mol. The lowest BCUT2D eigenvalue weighted by molar-refractivity contribution is -0.427. The number of nitrogens with zero attached hydrogens (tertiary/aromatic N) is 2. The van der Waals surface area contributed by atoms with Crippen molar-refractivity contribution in [1.82, 2.24) is 9.62 Å². The van der Waals surface area contributed by atoms with E-state index in [4.69, 9.17) is 4.74 Å². The number of aliphatic hydroxyl groups is 1. The van der Waals surface area contributed by atoms with Gasteiger partial charge >= 0.3 is 0 Å². The van der Waals surface area contributed by atoms with E-state index in [2.05, 4.69) is 9.62 Å². The molecule has 2 aliphatic heterocycles. The predicted octanol–water partition coefficient (Wildman–Crippen LogP) is 3.59. The quantitative estimate of drug-likeness (QED) is 0.316. The highest BCUT2D eigenvalue weighted by Crippen LogP contribution is 2.75. The summed E-state index contributed by atoms with van der Waals surface area (Å²) >= 11 is 0. The Kier molecular flexibility index (Phi) is 6.29. The number of hydrogen-bond acceptors (Lipinski definition) is 6. The number of rotatable bonds is 6. The van der Waals surface area contributed by atoms with Crippen molar-refractivity contribution in [1.29, 1.82) is 0 Å². The van der Waals surface area contributed by atoms with Crippen molar-refractivity contribution in [3.63, 3.8) is 0 Å². The predicted molar refractivity (Wildman–Crippen MR) is 140 cm³/mol. The molecule has 6 aliphatic rings. The fraction of sp³-hybridized carbons (Fsp3) is 0.815. The van der Waals surface area contributed by atoms with Gasteiger partial charge < -0.3 is 15.2 Å². The Bertz CT molecular complexity index is 984. The number of aliphatic hydroxyl groups excluding tert-OH is 1. The smallest absolute Gasteiger partial charge is 0.259 e. The number of allylic oxidation sites excluding steroid dienone is 3. The van der Waals surface area contributed by atoms with Crippen molar-refractivity contribution in [2.45, 2.75) is 81.6 Å². The number of amides is 1. The van der Waals surface area contributed by atoms with E-state index >= 15 is 0 Å². The Morgan fingerprint density at radius 3 is 2.69 bits per heavy atom. The number of nitro groups is 1. The van der Waals surface area contributed by atoms with Crippen molar-refractivity contribution >= 4 is 16.1 Å². The number of morpholine rings is 1. The number of carbonyl (C=O) groups excluding carboxylic acids is 1. The number of fused-ring (bicyclic) bond motifs is 2. The monoisotopic (exact) mass is 519 g/mol. The molecule has 3 bridgehead atoms. The van der Waals surface area contributed by atoms with E-state index in [1.54, 1.807) is 12.2 Å². The maximum Gasteiger partial charge on any atom is 0.259 e. The van der Waals surface area contributed by atoms with Gasteiger partial charge in [0.1, 0.15) is 5.44 Å². The lowest BCUT2D eigenvalue weighted by Crippen LogP contribution is -2.57. The van der Waals surface area contributed by atoms with Crippen LogP contribution in [0.25, 0.3) is 0 Å². The zero-order valence-electron chi connectivity index (χ0n) is 21.5. The van der Waals surface area contributed by atoms with Crippen LogP contribution in [-0.4, -0.2) is 68.5 Å². The van der Waals surface area contributed by atoms with E-state index in [1.807, 2.05) is 19.9 Å². The molecule has 200 valence electrons. The van der Waals surface area contributed by atoms with Crippen LogP contribution < -0.4 is 5.32 Å². The molecule has 9 heteroatoms. The second kappa shape index (κ2) is 9.10. The molecule has 2 heterocycles. The second-order valence-electron chi connectivity index (χ2n) is 12.6. The van der Waals surface area contributed by atoms with Gasteiger partial charge in [-0.25, -0.2) is 0 Å². The molecule has 5 fully saturated rings. The molecule has 2 saturated heterocycles. The normalized spacial score (nSPS) is 44.1. The lowest BCUT2D eigenvalue weighted by Gasteiger charge is -2.48. The lowest BCUT2D eigenvalue weighted by atomic mass is 9.74. The van der Waals surface area contributed by atoms with Crippen LogP contribution in [0.5, 0.6) is 0 Å². The summed E-state index contributed by atoms with van der Waals surface area (Å²) in [4.78, 5) is 25.3. The van der Waals surface area contributed by atoms with Crippen LogP contribution in [0, 0.1) is 39.2 Å². The summed E-state index contributed by atoms with van der Waals surface area (Å²) in [6.07, 6.45) is 13.3. The number of hydrogen-bond donors (Lipinski definition) is 2. The zero-order chi connectivity index (χ0) is 25.2. The highest BCUT2D eigenvalue weighted by Gasteiger charge is 2.62. The van der Waals surface area contributed by atoms with Crippen LogP contribution in [0.1, 0.15) is 58.8 Å². The third-order valence-electron chi connectivity index (χ3n) is 10.4. The Labute approximate surface area is 215 Å². The summed E-state index contributed by atoms with van der Waals surface area (Å²) in [6.45, 7) is 5.61. The first-order valence-electron chi connectivity index (χ1n) is 13.9. The Hall–Kier alpha value is -1.42. The van der Waals surface area contributed by atoms with Crippen LogP contribution in [0.4, 0.5) is 0 Å². The van der Waals surface area contributed by atoms with Gasteiger partial charge in [0.05, 0.1) is 28.3 Å². The fourth-order valence-electron chi connectivity index (χ4n) is 8.25. The van der Waals surface area contributed by atoms with Gasteiger partial charge in [0.15, 0.2) is 0 Å². The second-order valence-corrected chi connectivity index (χ2v) is 16.2. The summed E-state index contributed by atoms with van der Waals surface area (Å²) in [5, 5.41) is 25.9. The molecular formula is C27H41N3O5S. The average Bonchev–Trinajstić information content (AvgIpc) is 3.49. The Morgan fingerprint density at radius 2 is 1.94 bits per heavy atom. The van der Waals surface area contributed by atoms with E-state index in [0.717, 1.165) is 11.8 Å². The Morgan fingerprint density at radius 1 is 1.22 bits per heavy atom. The molecule has 8 nitrogen and oxygen atoms in total. The minimum atomic E-state index is -1.76. The number of nitrogens with one attached hydrogen (secondary N) is 1. The summed E-state index contributed by atoms with van der Waals surface area (Å²) < 4.78 is 8.49. The molecule has 0 aromatic heterocycles. The standard InChI is InChI=1S/C27H41N3O5S/c1-27(2,26(32)28-25-18-7-5-6-17-12-20(25)14-19(17)13-18)23-15-29(10-11-35-23)36(16-24(36)31)22-9-4-3-8-21(22)30(33)34/h3-4,8,17-20,22-25,31H,5-7,9-16H2,1-2H3,(H,28,32)/t17?,18?,19?,20?,22?,23?,24-,25?/m1/s1. The van der Waals surface area contributed by atoms with Gasteiger partial charge in [-0.05, 0) is 69.6 Å². The van der Waals surface area contributed by atoms with E-state index in [-0.39, 0.29) is 33.9 Å². The zero-order valence-corrected chi connectivity index (χ0v) is 22.3. The first kappa shape index (κ1) is 24.9. The van der Waals surface area contributed by atoms with Crippen molar-refractivity contribution in [2.75, 3.05) is 25.4 Å². The van der Waals surface area contributed by atoms with Crippen LogP contribution in [0.3, 0.4) is 0 Å². The first-order chi connectivity index (χ1) is 17.2. The summed E-state index contributed by atoms with van der Waals surface area (Å²) in [5.74, 6) is 3.62. The topological polar surface area (TPSA) is 105 Å². The van der Waals surface area contributed by atoms with Gasteiger partial charge in [0, 0.05) is 31.0 Å². The SMILES string of the molecule is CC(C)(C(=O)NC1C2CCCC3CC1CC3C2)C1CN([S@@]2(C3CC=CC=C3[N+](=O)[O-])C[C@@H]2O)CCO1. The maximum atomic E-state index is 13.8. The molecule has 0 radical (unpaired) electrons. The van der Waals surface area contributed by atoms with E-state index in [0.29, 0.717) is 43.7 Å². The number of carbonyl (C=O) groups is 1. The highest BCUT2D eigenvalue weighted by molar-refractivity contribution is 8.38. The van der Waals surface area contributed by atoms with Crippen molar-refractivity contribution < 1.29 is 19.6 Å². The summed E-state index contributed by atoms with van der Waals surface area (Å²) in [6, 6.07) is 0.280. The molecule has 36 heavy (non-hydrogen) atoms. The van der Waals surface area contributed by atoms with Crippen LogP contribution in [0.2, 0.25) is 0 Å². The summed E-state index contributed by atoms with van der Waals surface area (Å²) in [5.41, 5.74) is -1.04.